The van der Waals surface area contributed by atoms with Crippen LogP contribution in [0.5, 0.6) is 0 Å². The Bertz CT molecular complexity index is 619. The van der Waals surface area contributed by atoms with Crippen LogP contribution in [0.4, 0.5) is 19.0 Å². The van der Waals surface area contributed by atoms with Gasteiger partial charge in [0.1, 0.15) is 5.82 Å². The SMILES string of the molecule is Cl.Cl.O=C(C1CCNC1)N1CCN(c2ncc(C(F)(F)F)cc2Cl)CC1. The molecule has 1 unspecified atom stereocenters. The van der Waals surface area contributed by atoms with Crippen molar-refractivity contribution < 1.29 is 18.0 Å². The molecule has 2 aliphatic heterocycles. The zero-order valence-corrected chi connectivity index (χ0v) is 16.1. The van der Waals surface area contributed by atoms with Crippen molar-refractivity contribution >= 4 is 48.1 Å². The largest absolute Gasteiger partial charge is 0.417 e. The van der Waals surface area contributed by atoms with Crippen LogP contribution < -0.4 is 10.2 Å². The van der Waals surface area contributed by atoms with Crippen molar-refractivity contribution in [2.75, 3.05) is 44.2 Å². The van der Waals surface area contributed by atoms with Crippen molar-refractivity contribution in [3.63, 3.8) is 0 Å². The topological polar surface area (TPSA) is 48.5 Å². The lowest BCUT2D eigenvalue weighted by atomic mass is 10.1. The molecule has 2 saturated heterocycles. The predicted octanol–water partition coefficient (Wildman–Crippen LogP) is 2.86. The third-order valence-corrected chi connectivity index (χ3v) is 4.73. The van der Waals surface area contributed by atoms with Gasteiger partial charge in [-0.1, -0.05) is 11.6 Å². The summed E-state index contributed by atoms with van der Waals surface area (Å²) < 4.78 is 38.0. The van der Waals surface area contributed by atoms with Gasteiger partial charge < -0.3 is 15.1 Å². The first-order valence-corrected chi connectivity index (χ1v) is 8.21. The second-order valence-electron chi connectivity index (χ2n) is 6.03. The zero-order chi connectivity index (χ0) is 17.3. The predicted molar refractivity (Wildman–Crippen MR) is 98.5 cm³/mol. The van der Waals surface area contributed by atoms with Crippen LogP contribution in [0.3, 0.4) is 0 Å². The summed E-state index contributed by atoms with van der Waals surface area (Å²) in [5.74, 6) is 0.509. The summed E-state index contributed by atoms with van der Waals surface area (Å²) in [6.45, 7) is 3.63. The summed E-state index contributed by atoms with van der Waals surface area (Å²) in [6, 6.07) is 0.894. The maximum atomic E-state index is 12.7. The highest BCUT2D eigenvalue weighted by Gasteiger charge is 2.33. The normalized spacial score (nSPS) is 20.4. The fraction of sp³-hybridized carbons (Fsp3) is 0.600. The number of hydrogen-bond donors (Lipinski definition) is 1. The molecule has 5 nitrogen and oxygen atoms in total. The average Bonchev–Trinajstić information content (AvgIpc) is 3.08. The van der Waals surface area contributed by atoms with Crippen molar-refractivity contribution in [1.29, 1.82) is 0 Å². The molecule has 1 aromatic rings. The summed E-state index contributed by atoms with van der Waals surface area (Å²) in [6.07, 6.45) is -2.82. The Hall–Kier alpha value is -0.960. The van der Waals surface area contributed by atoms with Crippen LogP contribution >= 0.6 is 36.4 Å². The van der Waals surface area contributed by atoms with Gasteiger partial charge in [0.05, 0.1) is 16.5 Å². The van der Waals surface area contributed by atoms with Crippen LogP contribution in [0.15, 0.2) is 12.3 Å². The number of hydrogen-bond acceptors (Lipinski definition) is 4. The molecule has 2 fully saturated rings. The van der Waals surface area contributed by atoms with Crippen LogP contribution in [-0.4, -0.2) is 55.1 Å². The highest BCUT2D eigenvalue weighted by molar-refractivity contribution is 6.33. The molecule has 1 amide bonds. The first-order valence-electron chi connectivity index (χ1n) is 7.83. The summed E-state index contributed by atoms with van der Waals surface area (Å²) in [5, 5.41) is 3.15. The number of anilines is 1. The highest BCUT2D eigenvalue weighted by Crippen LogP contribution is 2.33. The van der Waals surface area contributed by atoms with Gasteiger partial charge in [-0.25, -0.2) is 4.98 Å². The van der Waals surface area contributed by atoms with Crippen molar-refractivity contribution in [3.05, 3.63) is 22.8 Å². The van der Waals surface area contributed by atoms with Gasteiger partial charge in [0.2, 0.25) is 5.91 Å². The monoisotopic (exact) mass is 434 g/mol. The lowest BCUT2D eigenvalue weighted by Gasteiger charge is -2.36. The molecule has 148 valence electrons. The summed E-state index contributed by atoms with van der Waals surface area (Å²) >= 11 is 5.98. The molecule has 2 aliphatic rings. The number of nitrogens with one attached hydrogen (secondary N) is 1. The molecule has 1 aromatic heterocycles. The van der Waals surface area contributed by atoms with Crippen LogP contribution in [0, 0.1) is 5.92 Å². The van der Waals surface area contributed by atoms with Crippen molar-refractivity contribution in [2.45, 2.75) is 12.6 Å². The minimum absolute atomic E-state index is 0. The summed E-state index contributed by atoms with van der Waals surface area (Å²) in [7, 11) is 0. The van der Waals surface area contributed by atoms with Crippen molar-refractivity contribution in [3.8, 4) is 0 Å². The molecule has 0 saturated carbocycles. The van der Waals surface area contributed by atoms with E-state index in [1.54, 1.807) is 0 Å². The minimum Gasteiger partial charge on any atom is -0.352 e. The Morgan fingerprint density at radius 3 is 2.38 bits per heavy atom. The van der Waals surface area contributed by atoms with Crippen LogP contribution in [-0.2, 0) is 11.0 Å². The fourth-order valence-electron chi connectivity index (χ4n) is 3.08. The van der Waals surface area contributed by atoms with E-state index in [9.17, 15) is 18.0 Å². The highest BCUT2D eigenvalue weighted by atomic mass is 35.5. The first-order chi connectivity index (χ1) is 11.4. The first kappa shape index (κ1) is 23.1. The lowest BCUT2D eigenvalue weighted by molar-refractivity contribution is -0.138. The van der Waals surface area contributed by atoms with Gasteiger partial charge in [0.25, 0.3) is 0 Å². The van der Waals surface area contributed by atoms with Crippen LogP contribution in [0.2, 0.25) is 5.02 Å². The molecule has 26 heavy (non-hydrogen) atoms. The fourth-order valence-corrected chi connectivity index (χ4v) is 3.37. The van der Waals surface area contributed by atoms with E-state index in [-0.39, 0.29) is 41.7 Å². The number of aromatic nitrogens is 1. The maximum Gasteiger partial charge on any atom is 0.417 e. The van der Waals surface area contributed by atoms with Crippen LogP contribution in [0.25, 0.3) is 0 Å². The molecular formula is C15H20Cl3F3N4O. The number of pyridine rings is 1. The molecule has 11 heteroatoms. The molecule has 1 atom stereocenters. The van der Waals surface area contributed by atoms with E-state index in [0.29, 0.717) is 38.5 Å². The Morgan fingerprint density at radius 2 is 1.88 bits per heavy atom. The Morgan fingerprint density at radius 1 is 1.23 bits per heavy atom. The number of amides is 1. The number of piperazine rings is 1. The Balaban J connectivity index is 0.00000169. The second kappa shape index (κ2) is 9.30. The van der Waals surface area contributed by atoms with Gasteiger partial charge in [0.15, 0.2) is 0 Å². The molecule has 3 heterocycles. The summed E-state index contributed by atoms with van der Waals surface area (Å²) in [5.41, 5.74) is -0.862. The quantitative estimate of drug-likeness (QED) is 0.776. The molecular weight excluding hydrogens is 416 g/mol. The van der Waals surface area contributed by atoms with E-state index >= 15 is 0 Å². The molecule has 0 radical (unpaired) electrons. The van der Waals surface area contributed by atoms with E-state index in [0.717, 1.165) is 25.2 Å². The number of rotatable bonds is 2. The van der Waals surface area contributed by atoms with Crippen molar-refractivity contribution in [2.24, 2.45) is 5.92 Å². The van der Waals surface area contributed by atoms with Crippen LogP contribution in [0.1, 0.15) is 12.0 Å². The van der Waals surface area contributed by atoms with Gasteiger partial charge in [-0.15, -0.1) is 24.8 Å². The van der Waals surface area contributed by atoms with Gasteiger partial charge >= 0.3 is 6.18 Å². The van der Waals surface area contributed by atoms with E-state index in [1.165, 1.54) is 0 Å². The van der Waals surface area contributed by atoms with Gasteiger partial charge in [-0.3, -0.25) is 4.79 Å². The number of nitrogens with zero attached hydrogens (tertiary/aromatic N) is 3. The molecule has 0 bridgehead atoms. The number of carbonyl (C=O) groups excluding carboxylic acids is 1. The molecule has 0 spiro atoms. The Kier molecular flexibility index (Phi) is 8.26. The van der Waals surface area contributed by atoms with E-state index < -0.39 is 11.7 Å². The Labute approximate surface area is 167 Å². The number of carbonyl (C=O) groups is 1. The maximum absolute atomic E-state index is 12.7. The van der Waals surface area contributed by atoms with Gasteiger partial charge in [0, 0.05) is 38.9 Å². The standard InChI is InChI=1S/C15H18ClF3N4O.2ClH/c16-12-7-11(15(17,18)19)9-21-13(12)22-3-5-23(6-4-22)14(24)10-1-2-20-8-10;;/h7,9-10,20H,1-6,8H2;2*1H. The third kappa shape index (κ3) is 5.06. The zero-order valence-electron chi connectivity index (χ0n) is 13.8. The number of halogens is 6. The van der Waals surface area contributed by atoms with Gasteiger partial charge in [-0.2, -0.15) is 13.2 Å². The van der Waals surface area contributed by atoms with Gasteiger partial charge in [-0.05, 0) is 19.0 Å². The molecule has 0 aliphatic carbocycles. The molecule has 0 aromatic carbocycles. The smallest absolute Gasteiger partial charge is 0.352 e. The van der Waals surface area contributed by atoms with E-state index in [4.69, 9.17) is 11.6 Å². The second-order valence-corrected chi connectivity index (χ2v) is 6.44. The average molecular weight is 436 g/mol. The third-order valence-electron chi connectivity index (χ3n) is 4.45. The summed E-state index contributed by atoms with van der Waals surface area (Å²) in [4.78, 5) is 19.9. The molecule has 3 rings (SSSR count). The lowest BCUT2D eigenvalue weighted by Crippen LogP contribution is -2.51. The number of alkyl halides is 3. The minimum atomic E-state index is -4.46. The van der Waals surface area contributed by atoms with Crippen molar-refractivity contribution in [1.82, 2.24) is 15.2 Å². The van der Waals surface area contributed by atoms with E-state index in [2.05, 4.69) is 10.3 Å². The molecule has 1 N–H and O–H groups in total. The van der Waals surface area contributed by atoms with E-state index in [1.807, 2.05) is 9.80 Å².